The summed E-state index contributed by atoms with van der Waals surface area (Å²) in [6, 6.07) is 0. The summed E-state index contributed by atoms with van der Waals surface area (Å²) < 4.78 is 8.88. The van der Waals surface area contributed by atoms with Crippen LogP contribution in [-0.2, 0) is 44.8 Å². The Bertz CT molecular complexity index is 72.2. The van der Waals surface area contributed by atoms with Gasteiger partial charge in [0.1, 0.15) is 0 Å². The van der Waals surface area contributed by atoms with Gasteiger partial charge in [-0.3, -0.25) is 0 Å². The average molecular weight is 213 g/mol. The molecule has 4 nitrogen and oxygen atoms in total. The Morgan fingerprint density at radius 1 is 1.11 bits per heavy atom. The fourth-order valence-corrected chi connectivity index (χ4v) is 0. The predicted octanol–water partition coefficient (Wildman–Crippen LogP) is -6.70. The summed E-state index contributed by atoms with van der Waals surface area (Å²) in [5.74, 6) is 0. The van der Waals surface area contributed by atoms with Crippen molar-refractivity contribution in [2.75, 3.05) is 0 Å². The second kappa shape index (κ2) is 13.2. The summed E-state index contributed by atoms with van der Waals surface area (Å²) >= 11 is 0. The number of hydrogen-bond acceptors (Lipinski definition) is 1. The van der Waals surface area contributed by atoms with Crippen LogP contribution in [0.1, 0.15) is 2.85 Å². The van der Waals surface area contributed by atoms with Crippen LogP contribution in [0.4, 0.5) is 0 Å². The van der Waals surface area contributed by atoms with Crippen LogP contribution in [0.3, 0.4) is 0 Å². The molecule has 0 aliphatic rings. The third-order valence-corrected chi connectivity index (χ3v) is 0. The zero-order valence-corrected chi connectivity index (χ0v) is 9.00. The molecule has 0 aromatic carbocycles. The molecule has 1 radical (unpaired) electrons. The van der Waals surface area contributed by atoms with Crippen LogP contribution >= 0.6 is 7.82 Å². The smallest absolute Gasteiger partial charge is 1.00 e. The minimum Gasteiger partial charge on any atom is -1.00 e. The molecule has 0 rings (SSSR count). The van der Waals surface area contributed by atoms with E-state index in [9.17, 15) is 0 Å². The molecule has 0 fully saturated rings. The van der Waals surface area contributed by atoms with E-state index in [1.54, 1.807) is 0 Å². The first-order valence-corrected chi connectivity index (χ1v) is 2.35. The molecule has 0 heterocycles. The summed E-state index contributed by atoms with van der Waals surface area (Å²) in [6.45, 7) is 0. The van der Waals surface area contributed by atoms with Crippen molar-refractivity contribution in [1.82, 2.24) is 0 Å². The molecule has 0 spiro atoms. The molecule has 9 heteroatoms. The fraction of sp³-hybridized carbons (Fsp3) is 0. The van der Waals surface area contributed by atoms with Crippen molar-refractivity contribution in [3.05, 3.63) is 0 Å². The van der Waals surface area contributed by atoms with Gasteiger partial charge in [0, 0.05) is 40.3 Å². The van der Waals surface area contributed by atoms with E-state index in [4.69, 9.17) is 19.2 Å². The zero-order chi connectivity index (χ0) is 4.50. The average Bonchev–Trinajstić information content (AvgIpc) is 0.722. The molecule has 0 saturated carbocycles. The van der Waals surface area contributed by atoms with E-state index >= 15 is 0 Å². The van der Waals surface area contributed by atoms with E-state index in [0.717, 1.165) is 0 Å². The first-order chi connectivity index (χ1) is 2.00. The zero-order valence-electron chi connectivity index (χ0n) is 7.14. The summed E-state index contributed by atoms with van der Waals surface area (Å²) in [4.78, 5) is 21.6. The molecule has 0 aliphatic carbocycles. The molecule has 9 heavy (non-hydrogen) atoms. The first kappa shape index (κ1) is 29.9. The first-order valence-electron chi connectivity index (χ1n) is 0.783. The molecule has 0 atom stereocenters. The monoisotopic (exact) mass is 213 g/mol. The maximum absolute atomic E-state index is 8.88. The van der Waals surface area contributed by atoms with Crippen molar-refractivity contribution in [3.63, 3.8) is 0 Å². The molecule has 0 aliphatic heterocycles. The van der Waals surface area contributed by atoms with Crippen molar-refractivity contribution in [2.45, 2.75) is 0 Å². The molecule has 0 unspecified atom stereocenters. The number of rotatable bonds is 0. The van der Waals surface area contributed by atoms with Crippen LogP contribution in [0.15, 0.2) is 0 Å². The Hall–Kier alpha value is 2.60. The van der Waals surface area contributed by atoms with Crippen LogP contribution in [0.5, 0.6) is 0 Å². The molecular formula is H5Li2O4PTiV. The van der Waals surface area contributed by atoms with Gasteiger partial charge >= 0.3 is 45.5 Å². The second-order valence-electron chi connectivity index (χ2n) is 0.513. The van der Waals surface area contributed by atoms with Crippen molar-refractivity contribution >= 4 is 7.82 Å². The maximum Gasteiger partial charge on any atom is 1.00 e. The molecule has 45 valence electrons. The minimum absolute atomic E-state index is 0. The van der Waals surface area contributed by atoms with Crippen LogP contribution in [0.2, 0.25) is 0 Å². The quantitative estimate of drug-likeness (QED) is 0.276. The topological polar surface area (TPSA) is 77.8 Å². The Labute approximate surface area is 107 Å². The van der Waals surface area contributed by atoms with Crippen LogP contribution in [0.25, 0.3) is 0 Å². The van der Waals surface area contributed by atoms with E-state index < -0.39 is 7.82 Å². The summed E-state index contributed by atoms with van der Waals surface area (Å²) in [5, 5.41) is 0. The van der Waals surface area contributed by atoms with Gasteiger partial charge in [-0.25, -0.2) is 4.57 Å². The van der Waals surface area contributed by atoms with Crippen LogP contribution < -0.4 is 37.7 Å². The molecule has 3 N–H and O–H groups in total. The fourth-order valence-electron chi connectivity index (χ4n) is 0. The van der Waals surface area contributed by atoms with Crippen molar-refractivity contribution in [3.8, 4) is 0 Å². The van der Waals surface area contributed by atoms with Gasteiger partial charge in [0.2, 0.25) is 0 Å². The van der Waals surface area contributed by atoms with E-state index in [1.165, 1.54) is 0 Å². The standard InChI is InChI=1S/2Li.H3O4P.Ti.V.2H/c;;1-5(2,3)4;;;;/h;;(H3,1,2,3,4);;;;/q2*+1;;;;2*-1. The Morgan fingerprint density at radius 3 is 1.11 bits per heavy atom. The molecule has 0 amide bonds. The van der Waals surface area contributed by atoms with Gasteiger partial charge in [-0.2, -0.15) is 0 Å². The Morgan fingerprint density at radius 2 is 1.11 bits per heavy atom. The van der Waals surface area contributed by atoms with Gasteiger partial charge in [-0.1, -0.05) is 0 Å². The Balaban J connectivity index is -0.00000000533. The van der Waals surface area contributed by atoms with E-state index in [1.807, 2.05) is 0 Å². The van der Waals surface area contributed by atoms with Gasteiger partial charge in [-0.15, -0.1) is 0 Å². The largest absolute Gasteiger partial charge is 1.00 e. The van der Waals surface area contributed by atoms with E-state index in [0.29, 0.717) is 0 Å². The van der Waals surface area contributed by atoms with Crippen molar-refractivity contribution < 1.29 is 100 Å². The molecule has 0 bridgehead atoms. The van der Waals surface area contributed by atoms with Crippen LogP contribution in [-0.4, -0.2) is 14.7 Å². The van der Waals surface area contributed by atoms with Crippen molar-refractivity contribution in [1.29, 1.82) is 0 Å². The van der Waals surface area contributed by atoms with Gasteiger partial charge < -0.3 is 17.5 Å². The van der Waals surface area contributed by atoms with Gasteiger partial charge in [0.25, 0.3) is 0 Å². The Kier molecular flexibility index (Phi) is 43.9. The minimum atomic E-state index is -4.64. The molecule has 0 aromatic heterocycles. The van der Waals surface area contributed by atoms with Crippen LogP contribution in [0, 0.1) is 0 Å². The SMILES string of the molecule is O=P(O)(O)O.[H-].[H-].[Li+].[Li+].[Ti].[V]. The maximum atomic E-state index is 8.88. The summed E-state index contributed by atoms with van der Waals surface area (Å²) in [7, 11) is -4.64. The molecule has 0 saturated heterocycles. The number of hydrogen-bond donors (Lipinski definition) is 3. The summed E-state index contributed by atoms with van der Waals surface area (Å²) in [6.07, 6.45) is 0. The normalized spacial score (nSPS) is 6.56. The second-order valence-corrected chi connectivity index (χ2v) is 1.54. The van der Waals surface area contributed by atoms with Gasteiger partial charge in [0.15, 0.2) is 0 Å². The third-order valence-electron chi connectivity index (χ3n) is 0. The molecule has 0 aromatic rings. The molecular weight excluding hydrogens is 208 g/mol. The third kappa shape index (κ3) is 116. The van der Waals surface area contributed by atoms with E-state index in [-0.39, 0.29) is 80.8 Å². The van der Waals surface area contributed by atoms with Gasteiger partial charge in [0.05, 0.1) is 0 Å². The number of phosphoric acid groups is 1. The van der Waals surface area contributed by atoms with E-state index in [2.05, 4.69) is 0 Å². The summed E-state index contributed by atoms with van der Waals surface area (Å²) in [5.41, 5.74) is 0. The van der Waals surface area contributed by atoms with Gasteiger partial charge in [-0.05, 0) is 0 Å². The van der Waals surface area contributed by atoms with Crippen molar-refractivity contribution in [2.24, 2.45) is 0 Å². The predicted molar refractivity (Wildman–Crippen MR) is 16.5 cm³/mol.